The highest BCUT2D eigenvalue weighted by molar-refractivity contribution is 7.88. The number of rotatable bonds is 7. The van der Waals surface area contributed by atoms with Crippen LogP contribution in [-0.2, 0) is 15.8 Å². The smallest absolute Gasteiger partial charge is 0.218 e. The van der Waals surface area contributed by atoms with Crippen molar-refractivity contribution in [3.63, 3.8) is 0 Å². The third-order valence-electron chi connectivity index (χ3n) is 3.30. The average Bonchev–Trinajstić information content (AvgIpc) is 2.35. The van der Waals surface area contributed by atoms with Gasteiger partial charge in [0, 0.05) is 19.6 Å². The molecule has 1 aromatic rings. The van der Waals surface area contributed by atoms with E-state index in [1.807, 2.05) is 44.2 Å². The number of nitrogens with two attached hydrogens (primary N) is 1. The van der Waals surface area contributed by atoms with Gasteiger partial charge in [0.2, 0.25) is 10.0 Å². The van der Waals surface area contributed by atoms with E-state index in [0.717, 1.165) is 5.56 Å². The summed E-state index contributed by atoms with van der Waals surface area (Å²) in [6, 6.07) is 9.26. The summed E-state index contributed by atoms with van der Waals surface area (Å²) in [5.41, 5.74) is 6.75. The van der Waals surface area contributed by atoms with E-state index in [-0.39, 0.29) is 24.2 Å². The summed E-state index contributed by atoms with van der Waals surface area (Å²) in [6.07, 6.45) is 0.683. The Labute approximate surface area is 128 Å². The predicted octanol–water partition coefficient (Wildman–Crippen LogP) is 2.24. The van der Waals surface area contributed by atoms with Gasteiger partial charge in [-0.3, -0.25) is 0 Å². The van der Waals surface area contributed by atoms with Crippen LogP contribution in [0.15, 0.2) is 30.3 Å². The lowest BCUT2D eigenvalue weighted by atomic mass is 10.0. The highest BCUT2D eigenvalue weighted by Crippen LogP contribution is 2.11. The number of hydrogen-bond donors (Lipinski definition) is 1. The second-order valence-corrected chi connectivity index (χ2v) is 7.34. The zero-order chi connectivity index (χ0) is 14.5. The molecule has 0 spiro atoms. The van der Waals surface area contributed by atoms with E-state index in [9.17, 15) is 8.42 Å². The third kappa shape index (κ3) is 6.22. The van der Waals surface area contributed by atoms with Crippen LogP contribution in [0, 0.1) is 5.92 Å². The molecule has 0 saturated heterocycles. The Morgan fingerprint density at radius 3 is 2.25 bits per heavy atom. The minimum atomic E-state index is -3.26. The molecule has 0 aromatic heterocycles. The van der Waals surface area contributed by atoms with Crippen molar-refractivity contribution in [2.75, 3.05) is 13.6 Å². The summed E-state index contributed by atoms with van der Waals surface area (Å²) in [4.78, 5) is 0. The van der Waals surface area contributed by atoms with Gasteiger partial charge in [-0.05, 0) is 17.9 Å². The molecule has 0 fully saturated rings. The maximum absolute atomic E-state index is 12.2. The lowest BCUT2D eigenvalue weighted by Gasteiger charge is -2.21. The van der Waals surface area contributed by atoms with Gasteiger partial charge in [0.05, 0.1) is 5.75 Å². The number of halogens is 1. The van der Waals surface area contributed by atoms with Crippen LogP contribution in [0.25, 0.3) is 0 Å². The van der Waals surface area contributed by atoms with Crippen LogP contribution in [0.4, 0.5) is 0 Å². The molecule has 1 unspecified atom stereocenters. The SMILES string of the molecule is CC(C)C(N)CCN(C)S(=O)(=O)Cc1ccccc1.Cl. The molecule has 0 bridgehead atoms. The van der Waals surface area contributed by atoms with Crippen molar-refractivity contribution in [2.24, 2.45) is 11.7 Å². The second kappa shape index (κ2) is 8.62. The van der Waals surface area contributed by atoms with Crippen LogP contribution in [0.1, 0.15) is 25.8 Å². The molecule has 0 saturated carbocycles. The van der Waals surface area contributed by atoms with Gasteiger partial charge in [-0.2, -0.15) is 0 Å². The van der Waals surface area contributed by atoms with E-state index in [2.05, 4.69) is 0 Å². The van der Waals surface area contributed by atoms with Crippen molar-refractivity contribution in [2.45, 2.75) is 32.1 Å². The highest BCUT2D eigenvalue weighted by atomic mass is 35.5. The van der Waals surface area contributed by atoms with Crippen molar-refractivity contribution in [3.05, 3.63) is 35.9 Å². The van der Waals surface area contributed by atoms with Gasteiger partial charge in [-0.25, -0.2) is 12.7 Å². The van der Waals surface area contributed by atoms with Crippen molar-refractivity contribution in [3.8, 4) is 0 Å². The summed E-state index contributed by atoms with van der Waals surface area (Å²) >= 11 is 0. The minimum absolute atomic E-state index is 0. The molecule has 0 radical (unpaired) electrons. The van der Waals surface area contributed by atoms with Crippen LogP contribution in [-0.4, -0.2) is 32.4 Å². The second-order valence-electron chi connectivity index (χ2n) is 5.26. The first kappa shape index (κ1) is 19.4. The molecule has 1 aromatic carbocycles. The van der Waals surface area contributed by atoms with Crippen molar-refractivity contribution in [1.82, 2.24) is 4.31 Å². The van der Waals surface area contributed by atoms with E-state index in [1.165, 1.54) is 4.31 Å². The maximum Gasteiger partial charge on any atom is 0.218 e. The van der Waals surface area contributed by atoms with E-state index >= 15 is 0 Å². The van der Waals surface area contributed by atoms with Crippen molar-refractivity contribution in [1.29, 1.82) is 0 Å². The quantitative estimate of drug-likeness (QED) is 0.838. The Morgan fingerprint density at radius 1 is 1.20 bits per heavy atom. The van der Waals surface area contributed by atoms with Gasteiger partial charge >= 0.3 is 0 Å². The fourth-order valence-electron chi connectivity index (χ4n) is 1.70. The fraction of sp³-hybridized carbons (Fsp3) is 0.571. The predicted molar refractivity (Wildman–Crippen MR) is 86.4 cm³/mol. The molecule has 2 N–H and O–H groups in total. The molecule has 0 aliphatic heterocycles. The Hall–Kier alpha value is -0.620. The lowest BCUT2D eigenvalue weighted by molar-refractivity contribution is 0.397. The summed E-state index contributed by atoms with van der Waals surface area (Å²) in [5.74, 6) is 0.409. The van der Waals surface area contributed by atoms with E-state index < -0.39 is 10.0 Å². The Morgan fingerprint density at radius 2 is 1.75 bits per heavy atom. The number of sulfonamides is 1. The van der Waals surface area contributed by atoms with Crippen LogP contribution in [0.2, 0.25) is 0 Å². The first-order valence-electron chi connectivity index (χ1n) is 6.56. The third-order valence-corrected chi connectivity index (χ3v) is 5.13. The largest absolute Gasteiger partial charge is 0.327 e. The summed E-state index contributed by atoms with van der Waals surface area (Å²) in [6.45, 7) is 4.56. The molecule has 1 rings (SSSR count). The molecule has 0 amide bonds. The standard InChI is InChI=1S/C14H24N2O2S.ClH/c1-12(2)14(15)9-10-16(3)19(17,18)11-13-7-5-4-6-8-13;/h4-8,12,14H,9-11,15H2,1-3H3;1H. The fourth-order valence-corrected chi connectivity index (χ4v) is 2.92. The highest BCUT2D eigenvalue weighted by Gasteiger charge is 2.19. The Balaban J connectivity index is 0.00000361. The van der Waals surface area contributed by atoms with Crippen LogP contribution in [0.3, 0.4) is 0 Å². The molecular weight excluding hydrogens is 296 g/mol. The molecule has 0 heterocycles. The summed E-state index contributed by atoms with van der Waals surface area (Å²) in [5, 5.41) is 0. The van der Waals surface area contributed by atoms with Crippen LogP contribution in [0.5, 0.6) is 0 Å². The van der Waals surface area contributed by atoms with Crippen molar-refractivity contribution >= 4 is 22.4 Å². The maximum atomic E-state index is 12.2. The normalized spacial score (nSPS) is 13.3. The zero-order valence-electron chi connectivity index (χ0n) is 12.3. The molecule has 0 aliphatic rings. The van der Waals surface area contributed by atoms with Gasteiger partial charge in [0.1, 0.15) is 0 Å². The lowest BCUT2D eigenvalue weighted by Crippen LogP contribution is -2.35. The van der Waals surface area contributed by atoms with Gasteiger partial charge < -0.3 is 5.73 Å². The Bertz CT molecular complexity index is 477. The first-order valence-corrected chi connectivity index (χ1v) is 8.17. The summed E-state index contributed by atoms with van der Waals surface area (Å²) in [7, 11) is -1.64. The number of nitrogens with zero attached hydrogens (tertiary/aromatic N) is 1. The molecule has 0 aliphatic carbocycles. The molecule has 20 heavy (non-hydrogen) atoms. The van der Waals surface area contributed by atoms with Crippen LogP contribution < -0.4 is 5.73 Å². The number of hydrogen-bond acceptors (Lipinski definition) is 3. The molecule has 116 valence electrons. The van der Waals surface area contributed by atoms with Gasteiger partial charge in [0.25, 0.3) is 0 Å². The minimum Gasteiger partial charge on any atom is -0.327 e. The summed E-state index contributed by atoms with van der Waals surface area (Å²) < 4.78 is 25.7. The van der Waals surface area contributed by atoms with E-state index in [1.54, 1.807) is 7.05 Å². The van der Waals surface area contributed by atoms with Gasteiger partial charge in [0.15, 0.2) is 0 Å². The topological polar surface area (TPSA) is 63.4 Å². The van der Waals surface area contributed by atoms with E-state index in [0.29, 0.717) is 18.9 Å². The molecular formula is C14H25ClN2O2S. The van der Waals surface area contributed by atoms with Gasteiger partial charge in [-0.15, -0.1) is 12.4 Å². The van der Waals surface area contributed by atoms with Crippen LogP contribution >= 0.6 is 12.4 Å². The monoisotopic (exact) mass is 320 g/mol. The average molecular weight is 321 g/mol. The molecule has 6 heteroatoms. The van der Waals surface area contributed by atoms with Gasteiger partial charge in [-0.1, -0.05) is 44.2 Å². The Kier molecular flexibility index (Phi) is 8.35. The first-order chi connectivity index (χ1) is 8.83. The zero-order valence-corrected chi connectivity index (χ0v) is 14.0. The van der Waals surface area contributed by atoms with Crippen molar-refractivity contribution < 1.29 is 8.42 Å². The van der Waals surface area contributed by atoms with E-state index in [4.69, 9.17) is 5.73 Å². The molecule has 1 atom stereocenters. The molecule has 4 nitrogen and oxygen atoms in total. The number of benzene rings is 1.